The molecule has 2 nitrogen and oxygen atoms in total. The number of para-hydroxylation sites is 2. The summed E-state index contributed by atoms with van der Waals surface area (Å²) in [7, 11) is 0. The second-order valence-electron chi connectivity index (χ2n) is 4.63. The Kier molecular flexibility index (Phi) is 15.1. The molecule has 0 amide bonds. The fourth-order valence-corrected chi connectivity index (χ4v) is 1.52. The van der Waals surface area contributed by atoms with Crippen LogP contribution >= 0.6 is 0 Å². The van der Waals surface area contributed by atoms with E-state index >= 15 is 0 Å². The van der Waals surface area contributed by atoms with Gasteiger partial charge in [0.2, 0.25) is 0 Å². The van der Waals surface area contributed by atoms with Gasteiger partial charge in [-0.2, -0.15) is 12.2 Å². The van der Waals surface area contributed by atoms with Crippen LogP contribution < -0.4 is 10.2 Å². The Bertz CT molecular complexity index is 565. The summed E-state index contributed by atoms with van der Waals surface area (Å²) < 4.78 is 0. The average Bonchev–Trinajstić information content (AvgIpc) is 3.36. The van der Waals surface area contributed by atoms with E-state index in [9.17, 15) is 10.2 Å². The molecule has 0 saturated heterocycles. The fraction of sp³-hybridized carbons (Fsp3) is 0.0909. The van der Waals surface area contributed by atoms with Gasteiger partial charge in [0.15, 0.2) is 0 Å². The maximum atomic E-state index is 10.3. The van der Waals surface area contributed by atoms with Crippen LogP contribution in [0.1, 0.15) is 12.8 Å². The maximum absolute atomic E-state index is 10.3. The summed E-state index contributed by atoms with van der Waals surface area (Å²) in [5.74, 6) is 0.144. The summed E-state index contributed by atoms with van der Waals surface area (Å²) in [4.78, 5) is 0. The topological polar surface area (TPSA) is 46.1 Å². The summed E-state index contributed by atoms with van der Waals surface area (Å²) in [5, 5.41) is 20.5. The summed E-state index contributed by atoms with van der Waals surface area (Å²) >= 11 is 0. The van der Waals surface area contributed by atoms with Crippen LogP contribution in [0.5, 0.6) is 11.5 Å². The molecule has 2 aliphatic rings. The minimum absolute atomic E-state index is 0. The SMILES string of the molecule is [C-]1=CC=CC1.[C-]1=CC=CC1.[O-]c1ccccc1.[O-]c1ccccc1.[Ti+4]. The molecule has 0 fully saturated rings. The number of hydrogen-bond donors (Lipinski definition) is 0. The molecule has 2 aromatic carbocycles. The minimum atomic E-state index is 0. The van der Waals surface area contributed by atoms with E-state index in [-0.39, 0.29) is 33.2 Å². The largest absolute Gasteiger partial charge is 4.00 e. The van der Waals surface area contributed by atoms with Gasteiger partial charge in [-0.3, -0.25) is 12.2 Å². The molecular formula is C22H20O2Ti. The third-order valence-corrected chi connectivity index (χ3v) is 2.66. The first-order valence-corrected chi connectivity index (χ1v) is 7.66. The summed E-state index contributed by atoms with van der Waals surface area (Å²) in [6, 6.07) is 16.7. The molecule has 0 atom stereocenters. The van der Waals surface area contributed by atoms with E-state index < -0.39 is 0 Å². The van der Waals surface area contributed by atoms with E-state index in [1.165, 1.54) is 24.3 Å². The Balaban J connectivity index is 0.000000307. The Morgan fingerprint density at radius 2 is 0.960 bits per heavy atom. The monoisotopic (exact) mass is 364 g/mol. The van der Waals surface area contributed by atoms with Gasteiger partial charge in [-0.1, -0.05) is 60.7 Å². The van der Waals surface area contributed by atoms with Crippen LogP contribution in [-0.4, -0.2) is 0 Å². The molecule has 0 radical (unpaired) electrons. The van der Waals surface area contributed by atoms with Crippen molar-refractivity contribution < 1.29 is 31.9 Å². The molecule has 25 heavy (non-hydrogen) atoms. The molecule has 4 rings (SSSR count). The van der Waals surface area contributed by atoms with Crippen LogP contribution in [0.3, 0.4) is 0 Å². The van der Waals surface area contributed by atoms with Crippen LogP contribution in [0.25, 0.3) is 0 Å². The van der Waals surface area contributed by atoms with Gasteiger partial charge >= 0.3 is 21.7 Å². The third kappa shape index (κ3) is 15.0. The zero-order valence-corrected chi connectivity index (χ0v) is 15.5. The van der Waals surface area contributed by atoms with Crippen LogP contribution in [-0.2, 0) is 21.7 Å². The molecule has 0 heterocycles. The molecule has 0 aromatic heterocycles. The van der Waals surface area contributed by atoms with Crippen molar-refractivity contribution in [2.45, 2.75) is 12.8 Å². The second-order valence-corrected chi connectivity index (χ2v) is 4.63. The van der Waals surface area contributed by atoms with Crippen molar-refractivity contribution in [3.05, 3.63) is 109 Å². The van der Waals surface area contributed by atoms with E-state index in [0.717, 1.165) is 12.8 Å². The van der Waals surface area contributed by atoms with Crippen LogP contribution in [0.4, 0.5) is 0 Å². The predicted molar refractivity (Wildman–Crippen MR) is 94.9 cm³/mol. The van der Waals surface area contributed by atoms with Gasteiger partial charge in [0, 0.05) is 0 Å². The Hall–Kier alpha value is -2.29. The summed E-state index contributed by atoms with van der Waals surface area (Å²) in [6.45, 7) is 0. The van der Waals surface area contributed by atoms with Gasteiger partial charge in [-0.15, -0.1) is 24.3 Å². The molecule has 2 aliphatic carbocycles. The third-order valence-electron chi connectivity index (χ3n) is 2.66. The van der Waals surface area contributed by atoms with Gasteiger partial charge in [0.25, 0.3) is 0 Å². The second kappa shape index (κ2) is 16.6. The van der Waals surface area contributed by atoms with Gasteiger partial charge in [-0.25, -0.2) is 24.3 Å². The molecular weight excluding hydrogens is 344 g/mol. The van der Waals surface area contributed by atoms with Crippen molar-refractivity contribution in [3.8, 4) is 11.5 Å². The Morgan fingerprint density at radius 1 is 0.600 bits per heavy atom. The Morgan fingerprint density at radius 3 is 1.08 bits per heavy atom. The van der Waals surface area contributed by atoms with E-state index in [4.69, 9.17) is 0 Å². The van der Waals surface area contributed by atoms with Crippen LogP contribution in [0.2, 0.25) is 0 Å². The molecule has 0 aliphatic heterocycles. The van der Waals surface area contributed by atoms with Crippen molar-refractivity contribution in [1.29, 1.82) is 0 Å². The number of rotatable bonds is 0. The van der Waals surface area contributed by atoms with E-state index in [2.05, 4.69) is 24.3 Å². The van der Waals surface area contributed by atoms with Crippen molar-refractivity contribution >= 4 is 0 Å². The number of benzene rings is 2. The smallest absolute Gasteiger partial charge is 0.872 e. The maximum Gasteiger partial charge on any atom is 4.00 e. The normalized spacial score (nSPS) is 11.8. The quantitative estimate of drug-likeness (QED) is 0.521. The first-order valence-electron chi connectivity index (χ1n) is 7.66. The van der Waals surface area contributed by atoms with Crippen molar-refractivity contribution in [2.75, 3.05) is 0 Å². The Labute approximate surface area is 165 Å². The van der Waals surface area contributed by atoms with E-state index in [0.29, 0.717) is 0 Å². The van der Waals surface area contributed by atoms with Gasteiger partial charge in [0.05, 0.1) is 0 Å². The van der Waals surface area contributed by atoms with Crippen LogP contribution in [0, 0.1) is 12.2 Å². The van der Waals surface area contributed by atoms with Gasteiger partial charge < -0.3 is 10.2 Å². The molecule has 0 spiro atoms. The van der Waals surface area contributed by atoms with E-state index in [1.54, 1.807) is 24.3 Å². The van der Waals surface area contributed by atoms with Crippen molar-refractivity contribution in [1.82, 2.24) is 0 Å². The van der Waals surface area contributed by atoms with Crippen molar-refractivity contribution in [3.63, 3.8) is 0 Å². The summed E-state index contributed by atoms with van der Waals surface area (Å²) in [5.41, 5.74) is 0. The number of hydrogen-bond acceptors (Lipinski definition) is 2. The van der Waals surface area contributed by atoms with E-state index in [1.807, 2.05) is 36.4 Å². The molecule has 0 saturated carbocycles. The van der Waals surface area contributed by atoms with Gasteiger partial charge in [0.1, 0.15) is 0 Å². The molecule has 0 bridgehead atoms. The van der Waals surface area contributed by atoms with Crippen LogP contribution in [0.15, 0.2) is 97.1 Å². The summed E-state index contributed by atoms with van der Waals surface area (Å²) in [6.07, 6.45) is 20.0. The fourth-order valence-electron chi connectivity index (χ4n) is 1.52. The number of allylic oxidation sites excluding steroid dienone is 8. The zero-order chi connectivity index (χ0) is 17.3. The molecule has 0 N–H and O–H groups in total. The predicted octanol–water partition coefficient (Wildman–Crippen LogP) is 4.13. The average molecular weight is 364 g/mol. The minimum Gasteiger partial charge on any atom is -0.872 e. The van der Waals surface area contributed by atoms with Crippen molar-refractivity contribution in [2.24, 2.45) is 0 Å². The zero-order valence-electron chi connectivity index (χ0n) is 14.0. The molecule has 124 valence electrons. The standard InChI is InChI=1S/2C6H6O.2C5H5.Ti/c2*7-6-4-2-1-3-5-6;2*1-2-4-5-3-1;/h2*1-5,7H;2*1-3H,4H2;/q;;2*-1;+4/p-2. The molecule has 0 unspecified atom stereocenters. The first-order chi connectivity index (χ1) is 11.8. The molecule has 3 heteroatoms. The molecule has 2 aromatic rings. The van der Waals surface area contributed by atoms with Gasteiger partial charge in [-0.05, 0) is 0 Å². The first kappa shape index (κ1) is 22.7.